The molecule has 1 aliphatic rings. The van der Waals surface area contributed by atoms with E-state index in [-0.39, 0.29) is 5.92 Å². The van der Waals surface area contributed by atoms with E-state index < -0.39 is 0 Å². The molecule has 1 atom stereocenters. The van der Waals surface area contributed by atoms with Gasteiger partial charge in [-0.25, -0.2) is 4.98 Å². The van der Waals surface area contributed by atoms with Gasteiger partial charge >= 0.3 is 0 Å². The SMILES string of the molecule is c1ccc2[nH]c(C(c3noc(-c4cc5cnccc5o4)n3)C3CCNCC3)nc2c1. The van der Waals surface area contributed by atoms with E-state index in [1.54, 1.807) is 12.4 Å². The Balaban J connectivity index is 1.42. The van der Waals surface area contributed by atoms with E-state index in [2.05, 4.69) is 20.4 Å². The van der Waals surface area contributed by atoms with Crippen molar-refractivity contribution < 1.29 is 8.94 Å². The third kappa shape index (κ3) is 2.96. The number of nitrogens with one attached hydrogen (secondary N) is 2. The lowest BCUT2D eigenvalue weighted by molar-refractivity contribution is 0.320. The van der Waals surface area contributed by atoms with Gasteiger partial charge in [0.15, 0.2) is 11.6 Å². The normalized spacial score (nSPS) is 16.4. The van der Waals surface area contributed by atoms with Crippen molar-refractivity contribution in [3.05, 3.63) is 60.4 Å². The number of imidazole rings is 1. The third-order valence-electron chi connectivity index (χ3n) is 5.80. The lowest BCUT2D eigenvalue weighted by Crippen LogP contribution is -2.32. The van der Waals surface area contributed by atoms with E-state index in [4.69, 9.17) is 18.9 Å². The summed E-state index contributed by atoms with van der Waals surface area (Å²) >= 11 is 0. The van der Waals surface area contributed by atoms with Crippen molar-refractivity contribution in [1.29, 1.82) is 0 Å². The second kappa shape index (κ2) is 7.07. The first-order valence-electron chi connectivity index (χ1n) is 10.2. The number of furan rings is 1. The standard InChI is InChI=1S/C22H20N6O2/c1-2-4-16-15(3-1)25-20(26-16)19(13-5-8-23-9-6-13)21-27-22(30-28-21)18-11-14-12-24-10-7-17(14)29-18/h1-4,7,10-13,19,23H,5-6,8-9H2,(H,25,26). The molecule has 4 aromatic heterocycles. The van der Waals surface area contributed by atoms with Crippen molar-refractivity contribution in [3.8, 4) is 11.7 Å². The molecule has 8 nitrogen and oxygen atoms in total. The fraction of sp³-hybridized carbons (Fsp3) is 0.273. The number of aromatic amines is 1. The van der Waals surface area contributed by atoms with Gasteiger partial charge in [0.2, 0.25) is 0 Å². The lowest BCUT2D eigenvalue weighted by atomic mass is 9.83. The molecule has 6 rings (SSSR count). The number of fused-ring (bicyclic) bond motifs is 2. The van der Waals surface area contributed by atoms with Crippen LogP contribution in [0.5, 0.6) is 0 Å². The average Bonchev–Trinajstić information content (AvgIpc) is 3.52. The summed E-state index contributed by atoms with van der Waals surface area (Å²) in [7, 11) is 0. The Morgan fingerprint density at radius 3 is 2.83 bits per heavy atom. The first-order valence-corrected chi connectivity index (χ1v) is 10.2. The number of rotatable bonds is 4. The second-order valence-electron chi connectivity index (χ2n) is 7.69. The zero-order valence-corrected chi connectivity index (χ0v) is 16.2. The molecule has 0 aliphatic carbocycles. The summed E-state index contributed by atoms with van der Waals surface area (Å²) in [6, 6.07) is 11.7. The highest BCUT2D eigenvalue weighted by molar-refractivity contribution is 5.80. The Hall–Kier alpha value is -3.52. The van der Waals surface area contributed by atoms with Crippen LogP contribution < -0.4 is 5.32 Å². The first-order chi connectivity index (χ1) is 14.8. The molecule has 1 unspecified atom stereocenters. The average molecular weight is 400 g/mol. The minimum atomic E-state index is -0.0666. The number of hydrogen-bond acceptors (Lipinski definition) is 7. The van der Waals surface area contributed by atoms with E-state index in [1.807, 2.05) is 36.4 Å². The number of aromatic nitrogens is 5. The van der Waals surface area contributed by atoms with Gasteiger partial charge < -0.3 is 19.2 Å². The maximum Gasteiger partial charge on any atom is 0.293 e. The van der Waals surface area contributed by atoms with Crippen LogP contribution in [-0.4, -0.2) is 38.2 Å². The maximum atomic E-state index is 5.88. The maximum absolute atomic E-state index is 5.88. The van der Waals surface area contributed by atoms with Gasteiger partial charge in [-0.3, -0.25) is 4.98 Å². The number of benzene rings is 1. The van der Waals surface area contributed by atoms with Gasteiger partial charge in [-0.05, 0) is 56.1 Å². The summed E-state index contributed by atoms with van der Waals surface area (Å²) in [6.45, 7) is 1.95. The summed E-state index contributed by atoms with van der Waals surface area (Å²) in [5.41, 5.74) is 2.70. The summed E-state index contributed by atoms with van der Waals surface area (Å²) in [4.78, 5) is 17.2. The highest BCUT2D eigenvalue weighted by Crippen LogP contribution is 2.36. The minimum absolute atomic E-state index is 0.0666. The van der Waals surface area contributed by atoms with Crippen LogP contribution in [0.25, 0.3) is 33.7 Å². The molecule has 0 spiro atoms. The number of pyridine rings is 1. The van der Waals surface area contributed by atoms with Crippen LogP contribution in [0.15, 0.2) is 57.7 Å². The molecule has 5 heterocycles. The molecule has 8 heteroatoms. The molecule has 0 saturated carbocycles. The molecule has 1 aliphatic heterocycles. The summed E-state index contributed by atoms with van der Waals surface area (Å²) in [5.74, 6) is 2.74. The molecule has 0 bridgehead atoms. The fourth-order valence-electron chi connectivity index (χ4n) is 4.30. The second-order valence-corrected chi connectivity index (χ2v) is 7.69. The zero-order valence-electron chi connectivity index (χ0n) is 16.2. The smallest absolute Gasteiger partial charge is 0.293 e. The highest BCUT2D eigenvalue weighted by atomic mass is 16.5. The zero-order chi connectivity index (χ0) is 19.9. The Morgan fingerprint density at radius 2 is 1.97 bits per heavy atom. The van der Waals surface area contributed by atoms with Gasteiger partial charge in [0.1, 0.15) is 11.4 Å². The Labute approximate surface area is 171 Å². The number of para-hydroxylation sites is 2. The molecular formula is C22H20N6O2. The number of hydrogen-bond donors (Lipinski definition) is 2. The Morgan fingerprint density at radius 1 is 1.07 bits per heavy atom. The largest absolute Gasteiger partial charge is 0.451 e. The number of H-pyrrole nitrogens is 1. The molecule has 2 N–H and O–H groups in total. The van der Waals surface area contributed by atoms with Crippen LogP contribution >= 0.6 is 0 Å². The first kappa shape index (κ1) is 17.3. The van der Waals surface area contributed by atoms with Gasteiger partial charge in [0.25, 0.3) is 5.89 Å². The quantitative estimate of drug-likeness (QED) is 0.471. The van der Waals surface area contributed by atoms with Crippen molar-refractivity contribution in [2.45, 2.75) is 18.8 Å². The van der Waals surface area contributed by atoms with Crippen LogP contribution in [0.3, 0.4) is 0 Å². The van der Waals surface area contributed by atoms with Gasteiger partial charge in [-0.15, -0.1) is 0 Å². The summed E-state index contributed by atoms with van der Waals surface area (Å²) in [5, 5.41) is 8.67. The number of nitrogens with zero attached hydrogens (tertiary/aromatic N) is 4. The topological polar surface area (TPSA) is 106 Å². The summed E-state index contributed by atoms with van der Waals surface area (Å²) < 4.78 is 11.5. The lowest BCUT2D eigenvalue weighted by Gasteiger charge is -2.27. The molecule has 1 aromatic carbocycles. The third-order valence-corrected chi connectivity index (χ3v) is 5.80. The van der Waals surface area contributed by atoms with Gasteiger partial charge in [-0.2, -0.15) is 4.98 Å². The highest BCUT2D eigenvalue weighted by Gasteiger charge is 2.33. The Kier molecular flexibility index (Phi) is 4.09. The number of piperidine rings is 1. The molecule has 0 radical (unpaired) electrons. The fourth-order valence-corrected chi connectivity index (χ4v) is 4.30. The van der Waals surface area contributed by atoms with Gasteiger partial charge in [-0.1, -0.05) is 17.3 Å². The minimum Gasteiger partial charge on any atom is -0.451 e. The predicted molar refractivity (Wildman–Crippen MR) is 111 cm³/mol. The van der Waals surface area contributed by atoms with E-state index in [9.17, 15) is 0 Å². The van der Waals surface area contributed by atoms with Crippen molar-refractivity contribution in [1.82, 2.24) is 30.4 Å². The van der Waals surface area contributed by atoms with Crippen molar-refractivity contribution in [2.24, 2.45) is 5.92 Å². The van der Waals surface area contributed by atoms with E-state index in [1.165, 1.54) is 0 Å². The molecule has 0 amide bonds. The van der Waals surface area contributed by atoms with E-state index >= 15 is 0 Å². The Bertz CT molecular complexity index is 1250. The van der Waals surface area contributed by atoms with Crippen molar-refractivity contribution in [3.63, 3.8) is 0 Å². The molecule has 5 aromatic rings. The monoisotopic (exact) mass is 400 g/mol. The molecule has 1 saturated heterocycles. The van der Waals surface area contributed by atoms with Crippen molar-refractivity contribution in [2.75, 3.05) is 13.1 Å². The van der Waals surface area contributed by atoms with Crippen LogP contribution in [0.2, 0.25) is 0 Å². The van der Waals surface area contributed by atoms with Gasteiger partial charge in [0, 0.05) is 17.8 Å². The molecule has 150 valence electrons. The summed E-state index contributed by atoms with van der Waals surface area (Å²) in [6.07, 6.45) is 5.51. The predicted octanol–water partition coefficient (Wildman–Crippen LogP) is 3.89. The van der Waals surface area contributed by atoms with Crippen LogP contribution in [0.1, 0.15) is 30.4 Å². The molecule has 1 fully saturated rings. The van der Waals surface area contributed by atoms with E-state index in [0.717, 1.165) is 53.8 Å². The van der Waals surface area contributed by atoms with Crippen LogP contribution in [0, 0.1) is 5.92 Å². The molecule has 30 heavy (non-hydrogen) atoms. The van der Waals surface area contributed by atoms with Crippen LogP contribution in [-0.2, 0) is 0 Å². The van der Waals surface area contributed by atoms with Gasteiger partial charge in [0.05, 0.1) is 17.0 Å². The van der Waals surface area contributed by atoms with E-state index in [0.29, 0.717) is 23.4 Å². The molecular weight excluding hydrogens is 380 g/mol. The van der Waals surface area contributed by atoms with Crippen molar-refractivity contribution >= 4 is 22.0 Å². The van der Waals surface area contributed by atoms with Crippen LogP contribution in [0.4, 0.5) is 0 Å².